The first-order valence-corrected chi connectivity index (χ1v) is 7.65. The van der Waals surface area contributed by atoms with Gasteiger partial charge in [-0.3, -0.25) is 4.79 Å². The lowest BCUT2D eigenvalue weighted by Gasteiger charge is -2.18. The highest BCUT2D eigenvalue weighted by atomic mass is 79.9. The molecule has 0 saturated heterocycles. The van der Waals surface area contributed by atoms with Crippen molar-refractivity contribution in [2.24, 2.45) is 0 Å². The van der Waals surface area contributed by atoms with E-state index in [0.29, 0.717) is 16.8 Å². The van der Waals surface area contributed by atoms with E-state index in [1.807, 2.05) is 6.07 Å². The molecule has 0 bridgehead atoms. The highest BCUT2D eigenvalue weighted by molar-refractivity contribution is 9.10. The van der Waals surface area contributed by atoms with Crippen LogP contribution in [0.4, 0.5) is 0 Å². The molecule has 1 aromatic carbocycles. The number of carbonyl (C=O) groups excluding carboxylic acids is 1. The van der Waals surface area contributed by atoms with Crippen LogP contribution < -0.4 is 10.1 Å². The summed E-state index contributed by atoms with van der Waals surface area (Å²) >= 11 is 9.39. The van der Waals surface area contributed by atoms with Gasteiger partial charge in [-0.15, -0.1) is 0 Å². The fourth-order valence-electron chi connectivity index (χ4n) is 2.20. The molecule has 5 heteroatoms. The number of benzene rings is 1. The van der Waals surface area contributed by atoms with Crippen molar-refractivity contribution in [2.45, 2.75) is 44.8 Å². The van der Waals surface area contributed by atoms with E-state index in [4.69, 9.17) is 16.3 Å². The van der Waals surface area contributed by atoms with Gasteiger partial charge in [0.25, 0.3) is 5.91 Å². The van der Waals surface area contributed by atoms with E-state index in [1.54, 1.807) is 19.1 Å². The van der Waals surface area contributed by atoms with Gasteiger partial charge in [0.2, 0.25) is 0 Å². The predicted molar refractivity (Wildman–Crippen MR) is 79.6 cm³/mol. The summed E-state index contributed by atoms with van der Waals surface area (Å²) in [6.07, 6.45) is 3.98. The van der Waals surface area contributed by atoms with Crippen LogP contribution in [-0.2, 0) is 4.79 Å². The van der Waals surface area contributed by atoms with Crippen molar-refractivity contribution < 1.29 is 9.53 Å². The molecule has 1 fully saturated rings. The Balaban J connectivity index is 1.92. The standard InChI is InChI=1S/C14H17BrClNO2/c1-9(14(18)17-11-4-2-3-5-11)19-13-7-6-10(15)8-12(13)16/h6-9,11H,2-5H2,1H3,(H,17,18)/t9-/m0/s1. The highest BCUT2D eigenvalue weighted by Gasteiger charge is 2.22. The summed E-state index contributed by atoms with van der Waals surface area (Å²) in [5, 5.41) is 3.51. The SMILES string of the molecule is C[C@H](Oc1ccc(Br)cc1Cl)C(=O)NC1CCCC1. The predicted octanol–water partition coefficient (Wildman–Crippen LogP) is 3.93. The molecule has 2 rings (SSSR count). The fraction of sp³-hybridized carbons (Fsp3) is 0.500. The zero-order valence-electron chi connectivity index (χ0n) is 10.8. The lowest BCUT2D eigenvalue weighted by atomic mass is 10.2. The summed E-state index contributed by atoms with van der Waals surface area (Å²) in [6, 6.07) is 5.64. The third kappa shape index (κ3) is 4.11. The number of hydrogen-bond donors (Lipinski definition) is 1. The average Bonchev–Trinajstić information content (AvgIpc) is 2.85. The van der Waals surface area contributed by atoms with Crippen LogP contribution in [0.1, 0.15) is 32.6 Å². The maximum atomic E-state index is 12.0. The first-order chi connectivity index (χ1) is 9.06. The van der Waals surface area contributed by atoms with Crippen LogP contribution in [-0.4, -0.2) is 18.1 Å². The van der Waals surface area contributed by atoms with Crippen molar-refractivity contribution in [3.8, 4) is 5.75 Å². The van der Waals surface area contributed by atoms with Crippen LogP contribution >= 0.6 is 27.5 Å². The molecular weight excluding hydrogens is 330 g/mol. The van der Waals surface area contributed by atoms with Gasteiger partial charge >= 0.3 is 0 Å². The normalized spacial score (nSPS) is 17.2. The van der Waals surface area contributed by atoms with Gasteiger partial charge < -0.3 is 10.1 Å². The van der Waals surface area contributed by atoms with Gasteiger partial charge in [0.1, 0.15) is 5.75 Å². The number of hydrogen-bond acceptors (Lipinski definition) is 2. The second-order valence-corrected chi connectivity index (χ2v) is 6.15. The number of amides is 1. The summed E-state index contributed by atoms with van der Waals surface area (Å²) in [5.41, 5.74) is 0. The molecule has 1 N–H and O–H groups in total. The molecule has 1 aliphatic carbocycles. The van der Waals surface area contributed by atoms with E-state index < -0.39 is 6.10 Å². The molecule has 3 nitrogen and oxygen atoms in total. The van der Waals surface area contributed by atoms with Crippen LogP contribution in [0.15, 0.2) is 22.7 Å². The molecule has 1 atom stereocenters. The Labute approximate surface area is 126 Å². The van der Waals surface area contributed by atoms with E-state index in [0.717, 1.165) is 17.3 Å². The fourth-order valence-corrected chi connectivity index (χ4v) is 2.92. The summed E-state index contributed by atoms with van der Waals surface area (Å²) in [7, 11) is 0. The van der Waals surface area contributed by atoms with Gasteiger partial charge in [-0.05, 0) is 38.0 Å². The van der Waals surface area contributed by atoms with Crippen LogP contribution in [0, 0.1) is 0 Å². The van der Waals surface area contributed by atoms with Crippen molar-refractivity contribution in [1.29, 1.82) is 0 Å². The Bertz CT molecular complexity index is 461. The Kier molecular flexibility index (Phi) is 5.11. The van der Waals surface area contributed by atoms with E-state index in [9.17, 15) is 4.79 Å². The molecule has 0 aromatic heterocycles. The van der Waals surface area contributed by atoms with E-state index in [-0.39, 0.29) is 5.91 Å². The minimum Gasteiger partial charge on any atom is -0.479 e. The third-order valence-corrected chi connectivity index (χ3v) is 4.06. The number of rotatable bonds is 4. The Hall–Kier alpha value is -0.740. The van der Waals surface area contributed by atoms with Crippen molar-refractivity contribution in [2.75, 3.05) is 0 Å². The van der Waals surface area contributed by atoms with Crippen molar-refractivity contribution in [1.82, 2.24) is 5.32 Å². The van der Waals surface area contributed by atoms with Crippen molar-refractivity contribution in [3.05, 3.63) is 27.7 Å². The maximum Gasteiger partial charge on any atom is 0.260 e. The summed E-state index contributed by atoms with van der Waals surface area (Å²) in [6.45, 7) is 1.74. The first kappa shape index (κ1) is 14.7. The van der Waals surface area contributed by atoms with Crippen LogP contribution in [0.3, 0.4) is 0 Å². The molecule has 0 unspecified atom stereocenters. The van der Waals surface area contributed by atoms with Gasteiger partial charge in [0.05, 0.1) is 5.02 Å². The van der Waals surface area contributed by atoms with E-state index in [2.05, 4.69) is 21.2 Å². The summed E-state index contributed by atoms with van der Waals surface area (Å²) in [4.78, 5) is 12.0. The largest absolute Gasteiger partial charge is 0.479 e. The second-order valence-electron chi connectivity index (χ2n) is 4.82. The molecule has 0 aliphatic heterocycles. The number of carbonyl (C=O) groups is 1. The van der Waals surface area contributed by atoms with Crippen molar-refractivity contribution >= 4 is 33.4 Å². The van der Waals surface area contributed by atoms with E-state index >= 15 is 0 Å². The van der Waals surface area contributed by atoms with Crippen molar-refractivity contribution in [3.63, 3.8) is 0 Å². The van der Waals surface area contributed by atoms with Crippen LogP contribution in [0.25, 0.3) is 0 Å². The van der Waals surface area contributed by atoms with Crippen LogP contribution in [0.2, 0.25) is 5.02 Å². The number of halogens is 2. The zero-order valence-corrected chi connectivity index (χ0v) is 13.1. The summed E-state index contributed by atoms with van der Waals surface area (Å²) in [5.74, 6) is 0.449. The molecule has 104 valence electrons. The number of ether oxygens (including phenoxy) is 1. The van der Waals surface area contributed by atoms with Gasteiger partial charge in [0.15, 0.2) is 6.10 Å². The smallest absolute Gasteiger partial charge is 0.260 e. The number of nitrogens with one attached hydrogen (secondary N) is 1. The minimum absolute atomic E-state index is 0.0779. The first-order valence-electron chi connectivity index (χ1n) is 6.48. The maximum absolute atomic E-state index is 12.0. The van der Waals surface area contributed by atoms with Gasteiger partial charge in [-0.2, -0.15) is 0 Å². The average molecular weight is 347 g/mol. The van der Waals surface area contributed by atoms with Gasteiger partial charge in [-0.25, -0.2) is 0 Å². The molecule has 0 spiro atoms. The molecule has 1 aliphatic rings. The molecule has 0 heterocycles. The molecular formula is C14H17BrClNO2. The lowest BCUT2D eigenvalue weighted by molar-refractivity contribution is -0.127. The molecule has 1 amide bonds. The Morgan fingerprint density at radius 2 is 2.16 bits per heavy atom. The molecule has 0 radical (unpaired) electrons. The Morgan fingerprint density at radius 1 is 1.47 bits per heavy atom. The topological polar surface area (TPSA) is 38.3 Å². The quantitative estimate of drug-likeness (QED) is 0.897. The second kappa shape index (κ2) is 6.62. The monoisotopic (exact) mass is 345 g/mol. The lowest BCUT2D eigenvalue weighted by Crippen LogP contribution is -2.41. The van der Waals surface area contributed by atoms with Gasteiger partial charge in [0, 0.05) is 10.5 Å². The third-order valence-electron chi connectivity index (χ3n) is 3.27. The zero-order chi connectivity index (χ0) is 13.8. The molecule has 19 heavy (non-hydrogen) atoms. The van der Waals surface area contributed by atoms with E-state index in [1.165, 1.54) is 12.8 Å². The Morgan fingerprint density at radius 3 is 2.79 bits per heavy atom. The minimum atomic E-state index is -0.542. The van der Waals surface area contributed by atoms with Gasteiger partial charge in [-0.1, -0.05) is 40.4 Å². The molecule has 1 saturated carbocycles. The summed E-state index contributed by atoms with van der Waals surface area (Å²) < 4.78 is 6.49. The molecule has 1 aromatic rings. The van der Waals surface area contributed by atoms with Crippen LogP contribution in [0.5, 0.6) is 5.75 Å². The highest BCUT2D eigenvalue weighted by Crippen LogP contribution is 2.28.